The maximum absolute atomic E-state index is 11.0. The van der Waals surface area contributed by atoms with Gasteiger partial charge in [0.1, 0.15) is 12.1 Å². The number of hydrogen-bond donors (Lipinski definition) is 2. The second kappa shape index (κ2) is 4.44. The molecule has 1 aromatic heterocycles. The van der Waals surface area contributed by atoms with E-state index in [1.807, 2.05) is 36.5 Å². The molecule has 0 spiro atoms. The fraction of sp³-hybridized carbons (Fsp3) is 0.308. The normalized spacial score (nSPS) is 22.3. The fourth-order valence-electron chi connectivity index (χ4n) is 2.72. The average molecular weight is 248 g/mol. The van der Waals surface area contributed by atoms with Crippen molar-refractivity contribution in [2.45, 2.75) is 25.4 Å². The number of nitrogens with two attached hydrogens (primary N) is 1. The molecule has 2 heterocycles. The molecule has 0 aliphatic carbocycles. The molecule has 0 saturated carbocycles. The largest absolute Gasteiger partial charge is 0.544 e. The van der Waals surface area contributed by atoms with Gasteiger partial charge in [-0.15, -0.1) is 0 Å². The number of benzene rings is 1. The molecule has 3 rings (SSSR count). The third-order valence-corrected chi connectivity index (χ3v) is 3.55. The molecule has 2 aromatic rings. The Bertz CT molecular complexity index is 591. The maximum Gasteiger partial charge on any atom is 0.131 e. The van der Waals surface area contributed by atoms with E-state index in [1.165, 1.54) is 0 Å². The summed E-state index contributed by atoms with van der Waals surface area (Å²) in [4.78, 5) is 14.4. The quantitative estimate of drug-likeness (QED) is 0.651. The van der Waals surface area contributed by atoms with E-state index in [-0.39, 0.29) is 11.5 Å². The van der Waals surface area contributed by atoms with Gasteiger partial charge in [-0.05, 0) is 18.6 Å². The van der Waals surface area contributed by atoms with Gasteiger partial charge in [0.25, 0.3) is 0 Å². The molecule has 0 amide bonds. The molecule has 1 aromatic carbocycles. The lowest BCUT2D eigenvalue weighted by molar-refractivity contribution is -0.722. The van der Waals surface area contributed by atoms with Crippen LogP contribution in [0.3, 0.4) is 0 Å². The summed E-state index contributed by atoms with van der Waals surface area (Å²) >= 11 is 0. The Hall–Kier alpha value is -1.85. The maximum atomic E-state index is 11.0. The molecule has 0 radical (unpaired) electrons. The van der Waals surface area contributed by atoms with Crippen LogP contribution in [0.2, 0.25) is 0 Å². The predicted molar refractivity (Wildman–Crippen MR) is 64.8 cm³/mol. The molecule has 5 heteroatoms. The van der Waals surface area contributed by atoms with Gasteiger partial charge in [-0.1, -0.05) is 18.2 Å². The van der Waals surface area contributed by atoms with E-state index in [4.69, 9.17) is 0 Å². The number of quaternary nitrogens is 1. The molecule has 1 unspecified atom stereocenters. The van der Waals surface area contributed by atoms with E-state index in [0.29, 0.717) is 6.42 Å². The van der Waals surface area contributed by atoms with Gasteiger partial charge in [-0.3, -0.25) is 0 Å². The lowest BCUT2D eigenvalue weighted by Gasteiger charge is -2.26. The molecule has 96 valence electrons. The SMILES string of the molecule is CC1[NH2+][C@H](C(=O)[O-])Cc2c1[nH]c1ccccc21.O. The highest BCUT2D eigenvalue weighted by atomic mass is 16.4. The van der Waals surface area contributed by atoms with Crippen molar-refractivity contribution in [1.29, 1.82) is 0 Å². The lowest BCUT2D eigenvalue weighted by Crippen LogP contribution is -2.95. The average Bonchev–Trinajstić information content (AvgIpc) is 2.68. The third-order valence-electron chi connectivity index (χ3n) is 3.55. The zero-order chi connectivity index (χ0) is 12.0. The first-order valence-corrected chi connectivity index (χ1v) is 5.82. The number of hydrogen-bond acceptors (Lipinski definition) is 2. The summed E-state index contributed by atoms with van der Waals surface area (Å²) in [6.07, 6.45) is 0.534. The number of fused-ring (bicyclic) bond motifs is 3. The van der Waals surface area contributed by atoms with Crippen LogP contribution >= 0.6 is 0 Å². The van der Waals surface area contributed by atoms with Gasteiger partial charge in [0, 0.05) is 17.3 Å². The summed E-state index contributed by atoms with van der Waals surface area (Å²) < 4.78 is 0. The van der Waals surface area contributed by atoms with Crippen molar-refractivity contribution in [2.24, 2.45) is 0 Å². The van der Waals surface area contributed by atoms with E-state index in [9.17, 15) is 9.90 Å². The van der Waals surface area contributed by atoms with E-state index < -0.39 is 12.0 Å². The standard InChI is InChI=1S/C13H14N2O2.H2O/c1-7-12-9(6-11(14-7)13(16)17)8-4-2-3-5-10(8)15-12;/h2-5,7,11,14-15H,6H2,1H3,(H,16,17);1H2/t7?,11-;/m0./s1. The van der Waals surface area contributed by atoms with Crippen LogP contribution in [0.25, 0.3) is 10.9 Å². The van der Waals surface area contributed by atoms with Crippen LogP contribution in [0.5, 0.6) is 0 Å². The van der Waals surface area contributed by atoms with Crippen LogP contribution in [0.1, 0.15) is 24.2 Å². The Morgan fingerprint density at radius 1 is 1.44 bits per heavy atom. The monoisotopic (exact) mass is 248 g/mol. The number of aliphatic carboxylic acids is 1. The molecule has 2 atom stereocenters. The number of para-hydroxylation sites is 1. The van der Waals surface area contributed by atoms with Crippen molar-refractivity contribution < 1.29 is 20.7 Å². The molecule has 5 N–H and O–H groups in total. The Balaban J connectivity index is 0.00000120. The van der Waals surface area contributed by atoms with Gasteiger partial charge in [0.05, 0.1) is 11.7 Å². The van der Waals surface area contributed by atoms with Crippen molar-refractivity contribution in [1.82, 2.24) is 4.98 Å². The molecule has 0 saturated heterocycles. The van der Waals surface area contributed by atoms with Gasteiger partial charge < -0.3 is 25.7 Å². The highest BCUT2D eigenvalue weighted by Gasteiger charge is 2.30. The number of aromatic nitrogens is 1. The summed E-state index contributed by atoms with van der Waals surface area (Å²) in [5.74, 6) is -0.979. The summed E-state index contributed by atoms with van der Waals surface area (Å²) in [7, 11) is 0. The molecule has 18 heavy (non-hydrogen) atoms. The number of nitrogens with one attached hydrogen (secondary N) is 1. The molecule has 1 aliphatic heterocycles. The molecular weight excluding hydrogens is 232 g/mol. The number of H-pyrrole nitrogens is 1. The Morgan fingerprint density at radius 2 is 2.17 bits per heavy atom. The summed E-state index contributed by atoms with van der Waals surface area (Å²) in [5, 5.41) is 14.0. The molecule has 0 bridgehead atoms. The fourth-order valence-corrected chi connectivity index (χ4v) is 2.72. The van der Waals surface area contributed by atoms with Crippen LogP contribution in [-0.2, 0) is 11.2 Å². The number of carboxylic acid groups (broad SMARTS) is 1. The van der Waals surface area contributed by atoms with Gasteiger partial charge in [0.15, 0.2) is 0 Å². The van der Waals surface area contributed by atoms with Gasteiger partial charge in [-0.25, -0.2) is 0 Å². The zero-order valence-electron chi connectivity index (χ0n) is 10.1. The summed E-state index contributed by atoms with van der Waals surface area (Å²) in [5.41, 5.74) is 3.35. The van der Waals surface area contributed by atoms with E-state index >= 15 is 0 Å². The zero-order valence-corrected chi connectivity index (χ0v) is 10.1. The summed E-state index contributed by atoms with van der Waals surface area (Å²) in [6.45, 7) is 2.02. The number of rotatable bonds is 1. The lowest BCUT2D eigenvalue weighted by atomic mass is 9.95. The van der Waals surface area contributed by atoms with Crippen molar-refractivity contribution in [3.8, 4) is 0 Å². The number of aromatic amines is 1. The van der Waals surface area contributed by atoms with E-state index in [1.54, 1.807) is 0 Å². The van der Waals surface area contributed by atoms with Gasteiger partial charge >= 0.3 is 0 Å². The van der Waals surface area contributed by atoms with Crippen molar-refractivity contribution in [3.05, 3.63) is 35.5 Å². The first-order chi connectivity index (χ1) is 8.16. The van der Waals surface area contributed by atoms with Crippen molar-refractivity contribution >= 4 is 16.9 Å². The van der Waals surface area contributed by atoms with E-state index in [0.717, 1.165) is 22.2 Å². The van der Waals surface area contributed by atoms with Gasteiger partial charge in [-0.2, -0.15) is 0 Å². The van der Waals surface area contributed by atoms with Crippen molar-refractivity contribution in [3.63, 3.8) is 0 Å². The minimum atomic E-state index is -0.979. The van der Waals surface area contributed by atoms with Crippen LogP contribution < -0.4 is 10.4 Å². The first-order valence-electron chi connectivity index (χ1n) is 5.82. The van der Waals surface area contributed by atoms with Gasteiger partial charge in [0.2, 0.25) is 0 Å². The Labute approximate surface area is 104 Å². The van der Waals surface area contributed by atoms with Crippen molar-refractivity contribution in [2.75, 3.05) is 0 Å². The van der Waals surface area contributed by atoms with E-state index in [2.05, 4.69) is 4.98 Å². The minimum absolute atomic E-state index is 0. The number of carboxylic acids is 1. The second-order valence-corrected chi connectivity index (χ2v) is 4.67. The highest BCUT2D eigenvalue weighted by Crippen LogP contribution is 2.28. The van der Waals surface area contributed by atoms with Crippen LogP contribution in [0, 0.1) is 0 Å². The smallest absolute Gasteiger partial charge is 0.131 e. The highest BCUT2D eigenvalue weighted by molar-refractivity contribution is 5.86. The number of carbonyl (C=O) groups is 1. The van der Waals surface area contributed by atoms with Crippen LogP contribution in [-0.4, -0.2) is 22.5 Å². The first kappa shape index (κ1) is 12.6. The topological polar surface area (TPSA) is 104 Å². The van der Waals surface area contributed by atoms with Crippen LogP contribution in [0.15, 0.2) is 24.3 Å². The number of carbonyl (C=O) groups excluding carboxylic acids is 1. The Kier molecular flexibility index (Phi) is 3.11. The predicted octanol–water partition coefficient (Wildman–Crippen LogP) is -1.36. The third kappa shape index (κ3) is 1.77. The van der Waals surface area contributed by atoms with Crippen LogP contribution in [0.4, 0.5) is 0 Å². The molecular formula is C13H16N2O3. The molecule has 1 aliphatic rings. The molecule has 5 nitrogen and oxygen atoms in total. The molecule has 0 fully saturated rings. The Morgan fingerprint density at radius 3 is 2.89 bits per heavy atom. The second-order valence-electron chi connectivity index (χ2n) is 4.67. The summed E-state index contributed by atoms with van der Waals surface area (Å²) in [6, 6.07) is 7.68. The minimum Gasteiger partial charge on any atom is -0.544 e.